The van der Waals surface area contributed by atoms with Crippen molar-refractivity contribution in [1.82, 2.24) is 0 Å². The Morgan fingerprint density at radius 3 is 1.29 bits per heavy atom. The van der Waals surface area contributed by atoms with Gasteiger partial charge in [-0.25, -0.2) is 0 Å². The minimum Gasteiger partial charge on any atom is -0.457 e. The molecule has 9 heteroatoms. The lowest BCUT2D eigenvalue weighted by molar-refractivity contribution is -0.305. The van der Waals surface area contributed by atoms with Gasteiger partial charge in [-0.15, -0.1) is 0 Å². The number of rotatable bonds is 41. The van der Waals surface area contributed by atoms with Crippen molar-refractivity contribution in [2.75, 3.05) is 26.4 Å². The van der Waals surface area contributed by atoms with Crippen LogP contribution in [0.3, 0.4) is 0 Å². The summed E-state index contributed by atoms with van der Waals surface area (Å²) in [7, 11) is 0. The largest absolute Gasteiger partial charge is 0.457 e. The van der Waals surface area contributed by atoms with Crippen molar-refractivity contribution in [1.29, 1.82) is 0 Å². The molecule has 0 aromatic heterocycles. The molecule has 6 atom stereocenters. The van der Waals surface area contributed by atoms with E-state index in [1.165, 1.54) is 173 Å². The fourth-order valence-electron chi connectivity index (χ4n) is 7.55. The summed E-state index contributed by atoms with van der Waals surface area (Å²) in [6.07, 6.45) is 34.2. The fourth-order valence-corrected chi connectivity index (χ4v) is 7.55. The van der Waals surface area contributed by atoms with Gasteiger partial charge in [0.05, 0.1) is 19.8 Å². The summed E-state index contributed by atoms with van der Waals surface area (Å²) >= 11 is 0. The van der Waals surface area contributed by atoms with Crippen molar-refractivity contribution < 1.29 is 44.2 Å². The average molecular weight is 787 g/mol. The van der Waals surface area contributed by atoms with E-state index in [4.69, 9.17) is 18.9 Å². The lowest BCUT2D eigenvalue weighted by Gasteiger charge is -2.39. The average Bonchev–Trinajstić information content (AvgIpc) is 3.18. The Morgan fingerprint density at radius 1 is 0.509 bits per heavy atom. The number of carbonyl (C=O) groups excluding carboxylic acids is 1. The highest BCUT2D eigenvalue weighted by Crippen LogP contribution is 2.23. The number of aliphatic hydroxyl groups is 4. The molecular weight excluding hydrogens is 696 g/mol. The highest BCUT2D eigenvalue weighted by Gasteiger charge is 2.44. The number of unbranched alkanes of at least 4 members (excludes halogenated alkanes) is 30. The van der Waals surface area contributed by atoms with E-state index in [2.05, 4.69) is 13.8 Å². The summed E-state index contributed by atoms with van der Waals surface area (Å²) in [5.41, 5.74) is 0. The molecule has 1 aliphatic heterocycles. The molecule has 1 rings (SSSR count). The summed E-state index contributed by atoms with van der Waals surface area (Å²) in [6.45, 7) is 4.60. The first-order valence-corrected chi connectivity index (χ1v) is 23.6. The van der Waals surface area contributed by atoms with E-state index in [9.17, 15) is 25.2 Å². The van der Waals surface area contributed by atoms with Crippen LogP contribution in [0.5, 0.6) is 0 Å². The van der Waals surface area contributed by atoms with Crippen LogP contribution in [-0.2, 0) is 23.7 Å². The van der Waals surface area contributed by atoms with Crippen molar-refractivity contribution in [3.8, 4) is 0 Å². The monoisotopic (exact) mass is 787 g/mol. The Labute approximate surface area is 338 Å². The Hall–Kier alpha value is -0.810. The van der Waals surface area contributed by atoms with E-state index >= 15 is 0 Å². The van der Waals surface area contributed by atoms with E-state index in [1.54, 1.807) is 0 Å². The summed E-state index contributed by atoms with van der Waals surface area (Å²) in [6, 6.07) is 0. The third kappa shape index (κ3) is 30.0. The summed E-state index contributed by atoms with van der Waals surface area (Å²) in [4.78, 5) is 12.7. The van der Waals surface area contributed by atoms with Crippen LogP contribution < -0.4 is 0 Å². The molecule has 0 radical (unpaired) electrons. The molecule has 55 heavy (non-hydrogen) atoms. The Kier molecular flexibility index (Phi) is 36.7. The molecule has 0 aromatic rings. The number of aliphatic hydroxyl groups excluding tert-OH is 4. The second-order valence-electron chi connectivity index (χ2n) is 16.6. The van der Waals surface area contributed by atoms with Gasteiger partial charge in [0.1, 0.15) is 30.5 Å². The first-order chi connectivity index (χ1) is 26.9. The lowest BCUT2D eigenvalue weighted by atomic mass is 9.99. The van der Waals surface area contributed by atoms with Gasteiger partial charge in [0, 0.05) is 13.0 Å². The molecule has 1 saturated heterocycles. The highest BCUT2D eigenvalue weighted by atomic mass is 16.7. The SMILES string of the molecule is CCCCCCCCCCCCCCCCCCCCCCOCC(COC1OC(CO)C(O)C(O)C1O)OC(=O)CCCCCCCCCCCCCC. The number of ether oxygens (including phenoxy) is 4. The van der Waals surface area contributed by atoms with E-state index in [0.29, 0.717) is 13.0 Å². The van der Waals surface area contributed by atoms with Crippen molar-refractivity contribution >= 4 is 5.97 Å². The van der Waals surface area contributed by atoms with E-state index in [1.807, 2.05) is 0 Å². The Balaban J connectivity index is 2.19. The van der Waals surface area contributed by atoms with Crippen LogP contribution in [0.4, 0.5) is 0 Å². The normalized spacial score (nSPS) is 20.6. The first kappa shape index (κ1) is 52.2. The molecule has 1 fully saturated rings. The number of hydrogen-bond donors (Lipinski definition) is 4. The van der Waals surface area contributed by atoms with Crippen molar-refractivity contribution in [2.24, 2.45) is 0 Å². The van der Waals surface area contributed by atoms with Crippen LogP contribution in [0, 0.1) is 0 Å². The fraction of sp³-hybridized carbons (Fsp3) is 0.978. The molecule has 6 unspecified atom stereocenters. The predicted octanol–water partition coefficient (Wildman–Crippen LogP) is 10.6. The van der Waals surface area contributed by atoms with Gasteiger partial charge >= 0.3 is 5.97 Å². The summed E-state index contributed by atoms with van der Waals surface area (Å²) in [5.74, 6) is -0.308. The van der Waals surface area contributed by atoms with Crippen LogP contribution in [0.25, 0.3) is 0 Å². The molecule has 0 aromatic carbocycles. The maximum atomic E-state index is 12.7. The third-order valence-electron chi connectivity index (χ3n) is 11.3. The molecule has 0 aliphatic carbocycles. The third-order valence-corrected chi connectivity index (χ3v) is 11.3. The zero-order valence-electron chi connectivity index (χ0n) is 36.0. The first-order valence-electron chi connectivity index (χ1n) is 23.6. The maximum Gasteiger partial charge on any atom is 0.306 e. The molecule has 1 aliphatic rings. The van der Waals surface area contributed by atoms with E-state index < -0.39 is 43.4 Å². The Bertz CT molecular complexity index is 812. The Morgan fingerprint density at radius 2 is 0.891 bits per heavy atom. The van der Waals surface area contributed by atoms with Crippen molar-refractivity contribution in [3.05, 3.63) is 0 Å². The molecule has 1 heterocycles. The second kappa shape index (κ2) is 38.7. The van der Waals surface area contributed by atoms with Crippen molar-refractivity contribution in [3.63, 3.8) is 0 Å². The minimum absolute atomic E-state index is 0.105. The van der Waals surface area contributed by atoms with Crippen molar-refractivity contribution in [2.45, 2.75) is 263 Å². The summed E-state index contributed by atoms with van der Waals surface area (Å²) < 4.78 is 22.8. The predicted molar refractivity (Wildman–Crippen MR) is 224 cm³/mol. The molecule has 9 nitrogen and oxygen atoms in total. The van der Waals surface area contributed by atoms with Gasteiger partial charge in [-0.2, -0.15) is 0 Å². The van der Waals surface area contributed by atoms with Crippen LogP contribution in [-0.4, -0.2) is 89.6 Å². The van der Waals surface area contributed by atoms with E-state index in [-0.39, 0.29) is 19.2 Å². The van der Waals surface area contributed by atoms with E-state index in [0.717, 1.165) is 32.1 Å². The topological polar surface area (TPSA) is 135 Å². The van der Waals surface area contributed by atoms with Crippen LogP contribution >= 0.6 is 0 Å². The van der Waals surface area contributed by atoms with Crippen LogP contribution in [0.15, 0.2) is 0 Å². The smallest absolute Gasteiger partial charge is 0.306 e. The van der Waals surface area contributed by atoms with Gasteiger partial charge in [-0.1, -0.05) is 206 Å². The molecule has 4 N–H and O–H groups in total. The highest BCUT2D eigenvalue weighted by molar-refractivity contribution is 5.69. The number of carbonyl (C=O) groups is 1. The van der Waals surface area contributed by atoms with Gasteiger partial charge in [0.15, 0.2) is 6.29 Å². The maximum absolute atomic E-state index is 12.7. The molecule has 0 bridgehead atoms. The molecule has 0 amide bonds. The quantitative estimate of drug-likeness (QED) is 0.0353. The molecule has 0 saturated carbocycles. The zero-order valence-corrected chi connectivity index (χ0v) is 36.0. The van der Waals surface area contributed by atoms with Gasteiger partial charge in [-0.3, -0.25) is 4.79 Å². The lowest BCUT2D eigenvalue weighted by Crippen LogP contribution is -2.59. The minimum atomic E-state index is -1.53. The van der Waals surface area contributed by atoms with Crippen LogP contribution in [0.2, 0.25) is 0 Å². The van der Waals surface area contributed by atoms with Gasteiger partial charge in [-0.05, 0) is 12.8 Å². The molecule has 0 spiro atoms. The number of esters is 1. The standard InChI is InChI=1S/C46H90O9/c1-3-5-7-9-11-13-15-17-18-19-20-21-22-23-24-26-28-30-32-34-36-52-38-40(39-53-46-45(51)44(50)43(49)41(37-47)55-46)54-42(48)35-33-31-29-27-25-16-14-12-10-8-6-4-2/h40-41,43-47,49-51H,3-39H2,1-2H3. The van der Waals surface area contributed by atoms with Gasteiger partial charge < -0.3 is 39.4 Å². The molecule has 328 valence electrons. The number of hydrogen-bond acceptors (Lipinski definition) is 9. The van der Waals surface area contributed by atoms with Gasteiger partial charge in [0.2, 0.25) is 0 Å². The van der Waals surface area contributed by atoms with Gasteiger partial charge in [0.25, 0.3) is 0 Å². The second-order valence-corrected chi connectivity index (χ2v) is 16.6. The van der Waals surface area contributed by atoms with Crippen LogP contribution in [0.1, 0.15) is 226 Å². The summed E-state index contributed by atoms with van der Waals surface area (Å²) in [5, 5.41) is 40.1. The zero-order chi connectivity index (χ0) is 40.0. The molecular formula is C46H90O9.